The highest BCUT2D eigenvalue weighted by Crippen LogP contribution is 2.27. The van der Waals surface area contributed by atoms with Crippen molar-refractivity contribution in [3.05, 3.63) is 59.2 Å². The Kier molecular flexibility index (Phi) is 4.75. The molecule has 0 radical (unpaired) electrons. The van der Waals surface area contributed by atoms with E-state index in [1.54, 1.807) is 30.3 Å². The first kappa shape index (κ1) is 17.0. The van der Waals surface area contributed by atoms with Crippen LogP contribution in [0.3, 0.4) is 0 Å². The van der Waals surface area contributed by atoms with Gasteiger partial charge in [-0.05, 0) is 42.7 Å². The largest absolute Gasteiger partial charge is 0.478 e. The van der Waals surface area contributed by atoms with Gasteiger partial charge in [0, 0.05) is 5.69 Å². The van der Waals surface area contributed by atoms with E-state index in [4.69, 9.17) is 5.11 Å². The Hall–Kier alpha value is -2.34. The number of carboxylic acids is 1. The van der Waals surface area contributed by atoms with Crippen LogP contribution < -0.4 is 4.72 Å². The van der Waals surface area contributed by atoms with Crippen LogP contribution in [0.4, 0.5) is 5.69 Å². The van der Waals surface area contributed by atoms with Crippen molar-refractivity contribution in [2.24, 2.45) is 0 Å². The normalized spacial score (nSPS) is 11.5. The first-order chi connectivity index (χ1) is 10.7. The fourth-order valence-electron chi connectivity index (χ4n) is 2.21. The molecule has 0 heterocycles. The van der Waals surface area contributed by atoms with Crippen molar-refractivity contribution >= 4 is 21.7 Å². The van der Waals surface area contributed by atoms with Crippen LogP contribution in [0.15, 0.2) is 47.4 Å². The zero-order valence-electron chi connectivity index (χ0n) is 13.2. The number of hydrogen-bond donors (Lipinski definition) is 2. The van der Waals surface area contributed by atoms with Crippen molar-refractivity contribution in [1.29, 1.82) is 0 Å². The smallest absolute Gasteiger partial charge is 0.335 e. The number of benzene rings is 2. The maximum atomic E-state index is 12.7. The molecule has 122 valence electrons. The van der Waals surface area contributed by atoms with Gasteiger partial charge in [0.1, 0.15) is 0 Å². The molecular weight excluding hydrogens is 314 g/mol. The molecule has 0 aliphatic carbocycles. The predicted octanol–water partition coefficient (Wildman–Crippen LogP) is 3.62. The molecule has 0 atom stereocenters. The number of aryl methyl sites for hydroxylation is 1. The lowest BCUT2D eigenvalue weighted by atomic mass is 10.0. The molecule has 2 rings (SSSR count). The van der Waals surface area contributed by atoms with Crippen LogP contribution in [0.5, 0.6) is 0 Å². The van der Waals surface area contributed by atoms with Crippen molar-refractivity contribution < 1.29 is 18.3 Å². The summed E-state index contributed by atoms with van der Waals surface area (Å²) < 4.78 is 27.9. The number of carbonyl (C=O) groups is 1. The third-order valence-corrected chi connectivity index (χ3v) is 4.91. The number of sulfonamides is 1. The van der Waals surface area contributed by atoms with Crippen LogP contribution in [0.25, 0.3) is 0 Å². The van der Waals surface area contributed by atoms with Gasteiger partial charge in [0.05, 0.1) is 10.5 Å². The molecule has 0 fully saturated rings. The number of aromatic carboxylic acids is 1. The average Bonchev–Trinajstić information content (AvgIpc) is 2.48. The van der Waals surface area contributed by atoms with E-state index < -0.39 is 16.0 Å². The maximum absolute atomic E-state index is 12.7. The Morgan fingerprint density at radius 2 is 1.70 bits per heavy atom. The van der Waals surface area contributed by atoms with Gasteiger partial charge in [-0.3, -0.25) is 4.72 Å². The lowest BCUT2D eigenvalue weighted by Crippen LogP contribution is -2.16. The average molecular weight is 333 g/mol. The molecule has 0 amide bonds. The summed E-state index contributed by atoms with van der Waals surface area (Å²) in [6.07, 6.45) is 0. The molecule has 5 nitrogen and oxygen atoms in total. The number of nitrogens with one attached hydrogen (secondary N) is 1. The third-order valence-electron chi connectivity index (χ3n) is 3.48. The summed E-state index contributed by atoms with van der Waals surface area (Å²) in [5.41, 5.74) is 1.98. The summed E-state index contributed by atoms with van der Waals surface area (Å²) in [5, 5.41) is 9.11. The molecule has 0 bridgehead atoms. The lowest BCUT2D eigenvalue weighted by molar-refractivity contribution is 0.0696. The molecule has 23 heavy (non-hydrogen) atoms. The summed E-state index contributed by atoms with van der Waals surface area (Å²) >= 11 is 0. The van der Waals surface area contributed by atoms with Gasteiger partial charge in [0.25, 0.3) is 10.0 Å². The van der Waals surface area contributed by atoms with E-state index in [0.29, 0.717) is 11.3 Å². The fourth-order valence-corrected chi connectivity index (χ4v) is 3.66. The Labute approximate surface area is 136 Å². The van der Waals surface area contributed by atoms with Crippen LogP contribution in [0, 0.1) is 6.92 Å². The molecule has 0 aliphatic heterocycles. The van der Waals surface area contributed by atoms with Gasteiger partial charge in [-0.25, -0.2) is 13.2 Å². The van der Waals surface area contributed by atoms with E-state index in [2.05, 4.69) is 4.72 Å². The van der Waals surface area contributed by atoms with Gasteiger partial charge < -0.3 is 5.11 Å². The molecule has 2 N–H and O–H groups in total. The van der Waals surface area contributed by atoms with Crippen molar-refractivity contribution in [1.82, 2.24) is 0 Å². The number of rotatable bonds is 5. The summed E-state index contributed by atoms with van der Waals surface area (Å²) in [6.45, 7) is 5.63. The molecule has 2 aromatic carbocycles. The van der Waals surface area contributed by atoms with E-state index in [1.165, 1.54) is 12.1 Å². The molecule has 0 saturated carbocycles. The zero-order valence-corrected chi connectivity index (χ0v) is 14.0. The monoisotopic (exact) mass is 333 g/mol. The Balaban J connectivity index is 2.50. The van der Waals surface area contributed by atoms with Crippen LogP contribution in [0.1, 0.15) is 41.3 Å². The second kappa shape index (κ2) is 6.42. The lowest BCUT2D eigenvalue weighted by Gasteiger charge is -2.15. The number of hydrogen-bond acceptors (Lipinski definition) is 3. The highest BCUT2D eigenvalue weighted by atomic mass is 32.2. The van der Waals surface area contributed by atoms with Gasteiger partial charge in [0.2, 0.25) is 0 Å². The van der Waals surface area contributed by atoms with E-state index in [9.17, 15) is 13.2 Å². The van der Waals surface area contributed by atoms with Crippen molar-refractivity contribution in [3.63, 3.8) is 0 Å². The highest BCUT2D eigenvalue weighted by molar-refractivity contribution is 7.92. The second-order valence-electron chi connectivity index (χ2n) is 5.68. The van der Waals surface area contributed by atoms with Gasteiger partial charge in [-0.1, -0.05) is 37.6 Å². The number of anilines is 1. The standard InChI is InChI=1S/C17H19NO4S/c1-11(2)15-9-6-13(17(19)20)10-16(15)23(21,22)18-14-7-4-12(3)5-8-14/h4-11,18H,1-3H3,(H,19,20). The first-order valence-electron chi connectivity index (χ1n) is 7.17. The minimum Gasteiger partial charge on any atom is -0.478 e. The molecule has 0 saturated heterocycles. The van der Waals surface area contributed by atoms with Gasteiger partial charge in [-0.15, -0.1) is 0 Å². The van der Waals surface area contributed by atoms with Gasteiger partial charge >= 0.3 is 5.97 Å². The van der Waals surface area contributed by atoms with E-state index in [1.807, 2.05) is 20.8 Å². The van der Waals surface area contributed by atoms with Crippen LogP contribution in [-0.2, 0) is 10.0 Å². The fraction of sp³-hybridized carbons (Fsp3) is 0.235. The molecule has 0 spiro atoms. The SMILES string of the molecule is Cc1ccc(NS(=O)(=O)c2cc(C(=O)O)ccc2C(C)C)cc1. The molecule has 0 aliphatic rings. The molecule has 6 heteroatoms. The molecule has 0 aromatic heterocycles. The molecular formula is C17H19NO4S. The topological polar surface area (TPSA) is 83.5 Å². The summed E-state index contributed by atoms with van der Waals surface area (Å²) in [7, 11) is -3.87. The summed E-state index contributed by atoms with van der Waals surface area (Å²) in [4.78, 5) is 11.1. The minimum absolute atomic E-state index is 0.00650. The van der Waals surface area contributed by atoms with Crippen molar-refractivity contribution in [2.75, 3.05) is 4.72 Å². The van der Waals surface area contributed by atoms with Crippen LogP contribution >= 0.6 is 0 Å². The molecule has 2 aromatic rings. The molecule has 0 unspecified atom stereocenters. The predicted molar refractivity (Wildman–Crippen MR) is 89.5 cm³/mol. The van der Waals surface area contributed by atoms with Gasteiger partial charge in [0.15, 0.2) is 0 Å². The Morgan fingerprint density at radius 3 is 2.22 bits per heavy atom. The van der Waals surface area contributed by atoms with Gasteiger partial charge in [-0.2, -0.15) is 0 Å². The van der Waals surface area contributed by atoms with Crippen molar-refractivity contribution in [2.45, 2.75) is 31.6 Å². The zero-order chi connectivity index (χ0) is 17.2. The summed E-state index contributed by atoms with van der Waals surface area (Å²) in [5.74, 6) is -1.21. The van der Waals surface area contributed by atoms with Crippen LogP contribution in [-0.4, -0.2) is 19.5 Å². The minimum atomic E-state index is -3.87. The first-order valence-corrected chi connectivity index (χ1v) is 8.66. The third kappa shape index (κ3) is 3.90. The summed E-state index contributed by atoms with van der Waals surface area (Å²) in [6, 6.07) is 11.1. The number of carboxylic acid groups (broad SMARTS) is 1. The van der Waals surface area contributed by atoms with Crippen molar-refractivity contribution in [3.8, 4) is 0 Å². The second-order valence-corrected chi connectivity index (χ2v) is 7.33. The van der Waals surface area contributed by atoms with E-state index in [0.717, 1.165) is 5.56 Å². The Morgan fingerprint density at radius 1 is 1.09 bits per heavy atom. The van der Waals surface area contributed by atoms with E-state index >= 15 is 0 Å². The Bertz CT molecular complexity index is 824. The maximum Gasteiger partial charge on any atom is 0.335 e. The van der Waals surface area contributed by atoms with Crippen LogP contribution in [0.2, 0.25) is 0 Å². The quantitative estimate of drug-likeness (QED) is 0.875. The highest BCUT2D eigenvalue weighted by Gasteiger charge is 2.22. The van der Waals surface area contributed by atoms with E-state index in [-0.39, 0.29) is 16.4 Å².